The zero-order chi connectivity index (χ0) is 20.9. The van der Waals surface area contributed by atoms with Gasteiger partial charge in [0, 0.05) is 30.2 Å². The first-order valence-electron chi connectivity index (χ1n) is 11.5. The van der Waals surface area contributed by atoms with Crippen LogP contribution in [0.1, 0.15) is 57.8 Å². The van der Waals surface area contributed by atoms with Gasteiger partial charge in [0.1, 0.15) is 0 Å². The number of hydrogen-bond donors (Lipinski definition) is 2. The van der Waals surface area contributed by atoms with Gasteiger partial charge in [-0.2, -0.15) is 4.31 Å². The average molecular weight is 432 g/mol. The predicted molar refractivity (Wildman–Crippen MR) is 116 cm³/mol. The molecule has 1 unspecified atom stereocenters. The van der Waals surface area contributed by atoms with E-state index < -0.39 is 10.0 Å². The van der Waals surface area contributed by atoms with Crippen molar-refractivity contribution in [2.75, 3.05) is 18.8 Å². The number of nitrogens with zero attached hydrogens (tertiary/aromatic N) is 1. The van der Waals surface area contributed by atoms with Crippen LogP contribution in [-0.4, -0.2) is 37.8 Å². The molecule has 7 heteroatoms. The highest BCUT2D eigenvalue weighted by Crippen LogP contribution is 2.60. The molecule has 1 aromatic carbocycles. The van der Waals surface area contributed by atoms with Crippen molar-refractivity contribution in [3.63, 3.8) is 0 Å². The van der Waals surface area contributed by atoms with Crippen LogP contribution in [0.4, 0.5) is 5.69 Å². The Hall–Kier alpha value is -1.60. The maximum absolute atomic E-state index is 13.3. The van der Waals surface area contributed by atoms with E-state index in [9.17, 15) is 13.2 Å². The van der Waals surface area contributed by atoms with Crippen molar-refractivity contribution in [2.24, 2.45) is 23.2 Å². The molecule has 5 aliphatic rings. The van der Waals surface area contributed by atoms with Gasteiger partial charge in [0.15, 0.2) is 0 Å². The Balaban J connectivity index is 1.29. The minimum atomic E-state index is -3.59. The van der Waals surface area contributed by atoms with E-state index in [0.29, 0.717) is 18.8 Å². The van der Waals surface area contributed by atoms with Crippen molar-refractivity contribution in [2.45, 2.75) is 68.7 Å². The Morgan fingerprint density at radius 3 is 2.23 bits per heavy atom. The quantitative estimate of drug-likeness (QED) is 0.701. The van der Waals surface area contributed by atoms with E-state index in [4.69, 9.17) is 5.73 Å². The van der Waals surface area contributed by atoms with E-state index in [1.807, 2.05) is 0 Å². The molecule has 1 atom stereocenters. The molecule has 0 aromatic heterocycles. The maximum atomic E-state index is 13.3. The van der Waals surface area contributed by atoms with Crippen molar-refractivity contribution >= 4 is 21.6 Å². The van der Waals surface area contributed by atoms with Crippen LogP contribution in [0.25, 0.3) is 0 Å². The van der Waals surface area contributed by atoms with Crippen LogP contribution in [-0.2, 0) is 14.8 Å². The Labute approximate surface area is 179 Å². The first-order valence-corrected chi connectivity index (χ1v) is 13.0. The number of carbonyl (C=O) groups is 1. The first-order chi connectivity index (χ1) is 14.4. The van der Waals surface area contributed by atoms with Crippen LogP contribution in [0.3, 0.4) is 0 Å². The zero-order valence-electron chi connectivity index (χ0n) is 17.6. The summed E-state index contributed by atoms with van der Waals surface area (Å²) in [6.07, 6.45) is 9.65. The number of piperidine rings is 1. The SMILES string of the molecule is Nc1ccc(S(=O)(=O)N2CCCCC2CNC(=O)C23CC4CC(CC(C4)C2)C3)cc1. The summed E-state index contributed by atoms with van der Waals surface area (Å²) in [7, 11) is -3.59. The number of nitrogens with two attached hydrogens (primary N) is 1. The van der Waals surface area contributed by atoms with Gasteiger partial charge in [0.2, 0.25) is 15.9 Å². The molecule has 1 saturated heterocycles. The van der Waals surface area contributed by atoms with E-state index in [1.165, 1.54) is 19.3 Å². The average Bonchev–Trinajstić information content (AvgIpc) is 2.71. The van der Waals surface area contributed by atoms with Gasteiger partial charge in [-0.05, 0) is 93.4 Å². The molecular weight excluding hydrogens is 398 g/mol. The highest BCUT2D eigenvalue weighted by molar-refractivity contribution is 7.89. The molecular formula is C23H33N3O3S. The lowest BCUT2D eigenvalue weighted by Gasteiger charge is -2.55. The third-order valence-electron chi connectivity index (χ3n) is 8.08. The number of sulfonamides is 1. The second-order valence-corrected chi connectivity index (χ2v) is 12.1. The summed E-state index contributed by atoms with van der Waals surface area (Å²) in [4.78, 5) is 13.6. The van der Waals surface area contributed by atoms with Crippen LogP contribution in [0, 0.1) is 23.2 Å². The van der Waals surface area contributed by atoms with Gasteiger partial charge in [-0.3, -0.25) is 4.79 Å². The summed E-state index contributed by atoms with van der Waals surface area (Å²) in [6, 6.07) is 6.22. The first kappa shape index (κ1) is 20.3. The predicted octanol–water partition coefficient (Wildman–Crippen LogP) is 3.14. The largest absolute Gasteiger partial charge is 0.399 e. The van der Waals surface area contributed by atoms with Gasteiger partial charge in [-0.15, -0.1) is 0 Å². The van der Waals surface area contributed by atoms with Gasteiger partial charge in [-0.1, -0.05) is 6.42 Å². The molecule has 30 heavy (non-hydrogen) atoms. The lowest BCUT2D eigenvalue weighted by atomic mass is 9.49. The van der Waals surface area contributed by atoms with Crippen molar-refractivity contribution in [1.29, 1.82) is 0 Å². The second kappa shape index (κ2) is 7.52. The Morgan fingerprint density at radius 1 is 1.03 bits per heavy atom. The number of anilines is 1. The maximum Gasteiger partial charge on any atom is 0.243 e. The molecule has 6 rings (SSSR count). The van der Waals surface area contributed by atoms with Crippen LogP contribution in [0.15, 0.2) is 29.2 Å². The van der Waals surface area contributed by atoms with Gasteiger partial charge < -0.3 is 11.1 Å². The molecule has 3 N–H and O–H groups in total. The molecule has 4 saturated carbocycles. The Bertz CT molecular complexity index is 877. The van der Waals surface area contributed by atoms with E-state index in [-0.39, 0.29) is 22.3 Å². The van der Waals surface area contributed by atoms with E-state index in [1.54, 1.807) is 28.6 Å². The number of nitrogens with one attached hydrogen (secondary N) is 1. The molecule has 1 aromatic rings. The summed E-state index contributed by atoms with van der Waals surface area (Å²) >= 11 is 0. The molecule has 1 amide bonds. The van der Waals surface area contributed by atoms with Gasteiger partial charge in [0.05, 0.1) is 4.90 Å². The Morgan fingerprint density at radius 2 is 1.63 bits per heavy atom. The van der Waals surface area contributed by atoms with Crippen molar-refractivity contribution < 1.29 is 13.2 Å². The number of amides is 1. The fourth-order valence-electron chi connectivity index (χ4n) is 7.06. The van der Waals surface area contributed by atoms with Crippen molar-refractivity contribution in [3.05, 3.63) is 24.3 Å². The summed E-state index contributed by atoms with van der Waals surface area (Å²) in [5.41, 5.74) is 6.08. The summed E-state index contributed by atoms with van der Waals surface area (Å²) in [5.74, 6) is 2.34. The fraction of sp³-hybridized carbons (Fsp3) is 0.696. The molecule has 0 spiro atoms. The minimum Gasteiger partial charge on any atom is -0.399 e. The van der Waals surface area contributed by atoms with Gasteiger partial charge in [-0.25, -0.2) is 8.42 Å². The van der Waals surface area contributed by atoms with Crippen LogP contribution >= 0.6 is 0 Å². The molecule has 164 valence electrons. The van der Waals surface area contributed by atoms with E-state index >= 15 is 0 Å². The van der Waals surface area contributed by atoms with Crippen LogP contribution in [0.5, 0.6) is 0 Å². The van der Waals surface area contributed by atoms with E-state index in [0.717, 1.165) is 56.3 Å². The molecule has 1 heterocycles. The molecule has 5 fully saturated rings. The fourth-order valence-corrected chi connectivity index (χ4v) is 8.75. The number of nitrogen functional groups attached to an aromatic ring is 1. The standard InChI is InChI=1S/C23H33N3O3S/c24-19-4-6-21(7-5-19)30(28,29)26-8-2-1-3-20(26)15-25-22(27)23-12-16-9-17(13-23)11-18(10-16)14-23/h4-7,16-18,20H,1-3,8-15,24H2,(H,25,27). The molecule has 1 aliphatic heterocycles. The number of benzene rings is 1. The highest BCUT2D eigenvalue weighted by Gasteiger charge is 2.54. The van der Waals surface area contributed by atoms with Crippen LogP contribution in [0.2, 0.25) is 0 Å². The molecule has 4 bridgehead atoms. The smallest absolute Gasteiger partial charge is 0.243 e. The van der Waals surface area contributed by atoms with Crippen molar-refractivity contribution in [3.8, 4) is 0 Å². The second-order valence-electron chi connectivity index (χ2n) is 10.2. The number of rotatable bonds is 5. The Kier molecular flexibility index (Phi) is 5.09. The third-order valence-corrected chi connectivity index (χ3v) is 10.0. The molecule has 0 radical (unpaired) electrons. The number of carbonyl (C=O) groups excluding carboxylic acids is 1. The van der Waals surface area contributed by atoms with Crippen LogP contribution < -0.4 is 11.1 Å². The third kappa shape index (κ3) is 3.54. The van der Waals surface area contributed by atoms with Gasteiger partial charge in [0.25, 0.3) is 0 Å². The normalized spacial score (nSPS) is 36.0. The molecule has 6 nitrogen and oxygen atoms in total. The monoisotopic (exact) mass is 431 g/mol. The summed E-state index contributed by atoms with van der Waals surface area (Å²) in [6.45, 7) is 0.916. The van der Waals surface area contributed by atoms with E-state index in [2.05, 4.69) is 5.32 Å². The van der Waals surface area contributed by atoms with Gasteiger partial charge >= 0.3 is 0 Å². The zero-order valence-corrected chi connectivity index (χ0v) is 18.4. The topological polar surface area (TPSA) is 92.5 Å². The minimum absolute atomic E-state index is 0.178. The lowest BCUT2D eigenvalue weighted by molar-refractivity contribution is -0.146. The lowest BCUT2D eigenvalue weighted by Crippen LogP contribution is -2.56. The summed E-state index contributed by atoms with van der Waals surface area (Å²) in [5, 5.41) is 3.21. The highest BCUT2D eigenvalue weighted by atomic mass is 32.2. The summed E-state index contributed by atoms with van der Waals surface area (Å²) < 4.78 is 28.1. The molecule has 4 aliphatic carbocycles. The number of hydrogen-bond acceptors (Lipinski definition) is 4. The van der Waals surface area contributed by atoms with Crippen molar-refractivity contribution in [1.82, 2.24) is 9.62 Å².